The molecule has 0 saturated carbocycles. The molecule has 0 radical (unpaired) electrons. The van der Waals surface area contributed by atoms with Crippen LogP contribution in [0.2, 0.25) is 0 Å². The predicted molar refractivity (Wildman–Crippen MR) is 172 cm³/mol. The molecule has 4 heterocycles. The second-order valence-electron chi connectivity index (χ2n) is 10.4. The molecule has 3 N–H and O–H groups in total. The van der Waals surface area contributed by atoms with E-state index < -0.39 is 0 Å². The molecule has 1 aliphatic rings. The summed E-state index contributed by atoms with van der Waals surface area (Å²) < 4.78 is 1.99. The molecule has 0 unspecified atom stereocenters. The van der Waals surface area contributed by atoms with Crippen LogP contribution < -0.4 is 20.9 Å². The number of nitrogens with zero attached hydrogens (tertiary/aromatic N) is 5. The van der Waals surface area contributed by atoms with E-state index in [1.165, 1.54) is 0 Å². The van der Waals surface area contributed by atoms with Crippen LogP contribution in [-0.4, -0.2) is 37.8 Å². The highest BCUT2D eigenvalue weighted by atomic mass is 16.2. The molecule has 3 aromatic carbocycles. The van der Waals surface area contributed by atoms with Crippen molar-refractivity contribution in [2.45, 2.75) is 12.8 Å². The SMILES string of the molecule is O=C(Nc1ccccc1)Nc1cccc(-c2nc3ccccn3c2-c2ccnc(Nc3cccc(N4CCCC4=O)c3)n2)c1. The Bertz CT molecular complexity index is 1990. The Labute approximate surface area is 253 Å². The maximum Gasteiger partial charge on any atom is 0.323 e. The number of anilines is 5. The third-order valence-electron chi connectivity index (χ3n) is 7.34. The van der Waals surface area contributed by atoms with Crippen LogP contribution in [0.4, 0.5) is 33.5 Å². The number of imidazole rings is 1. The average Bonchev–Trinajstić information content (AvgIpc) is 3.65. The van der Waals surface area contributed by atoms with Crippen LogP contribution in [0.5, 0.6) is 0 Å². The van der Waals surface area contributed by atoms with Crippen molar-refractivity contribution in [3.63, 3.8) is 0 Å². The monoisotopic (exact) mass is 580 g/mol. The highest BCUT2D eigenvalue weighted by Crippen LogP contribution is 2.34. The van der Waals surface area contributed by atoms with Crippen molar-refractivity contribution in [1.29, 1.82) is 0 Å². The smallest absolute Gasteiger partial charge is 0.323 e. The van der Waals surface area contributed by atoms with Crippen LogP contribution in [-0.2, 0) is 4.79 Å². The quantitative estimate of drug-likeness (QED) is 0.188. The van der Waals surface area contributed by atoms with Crippen molar-refractivity contribution in [2.24, 2.45) is 0 Å². The van der Waals surface area contributed by atoms with Crippen molar-refractivity contribution >= 4 is 46.3 Å². The number of amides is 3. The first-order valence-corrected chi connectivity index (χ1v) is 14.3. The van der Waals surface area contributed by atoms with Crippen molar-refractivity contribution in [1.82, 2.24) is 19.4 Å². The topological polar surface area (TPSA) is 117 Å². The molecule has 7 rings (SSSR count). The Hall–Kier alpha value is -6.03. The van der Waals surface area contributed by atoms with Crippen LogP contribution in [0.3, 0.4) is 0 Å². The van der Waals surface area contributed by atoms with Crippen LogP contribution >= 0.6 is 0 Å². The number of carbonyl (C=O) groups excluding carboxylic acids is 2. The normalized spacial score (nSPS) is 12.8. The minimum atomic E-state index is -0.340. The van der Waals surface area contributed by atoms with E-state index in [-0.39, 0.29) is 11.9 Å². The van der Waals surface area contributed by atoms with Gasteiger partial charge in [0.15, 0.2) is 0 Å². The second-order valence-corrected chi connectivity index (χ2v) is 10.4. The number of hydrogen-bond donors (Lipinski definition) is 3. The number of fused-ring (bicyclic) bond motifs is 1. The molecule has 10 heteroatoms. The Morgan fingerprint density at radius 1 is 0.773 bits per heavy atom. The van der Waals surface area contributed by atoms with Crippen molar-refractivity contribution in [2.75, 3.05) is 27.4 Å². The summed E-state index contributed by atoms with van der Waals surface area (Å²) in [6.07, 6.45) is 5.09. The summed E-state index contributed by atoms with van der Waals surface area (Å²) in [6.45, 7) is 0.722. The largest absolute Gasteiger partial charge is 0.324 e. The van der Waals surface area contributed by atoms with E-state index in [0.29, 0.717) is 35.1 Å². The van der Waals surface area contributed by atoms with Crippen LogP contribution in [0, 0.1) is 0 Å². The average molecular weight is 581 g/mol. The van der Waals surface area contributed by atoms with Crippen molar-refractivity contribution < 1.29 is 9.59 Å². The Morgan fingerprint density at radius 2 is 1.57 bits per heavy atom. The zero-order chi connectivity index (χ0) is 29.9. The third-order valence-corrected chi connectivity index (χ3v) is 7.34. The molecule has 0 aliphatic carbocycles. The fourth-order valence-corrected chi connectivity index (χ4v) is 5.35. The standard InChI is InChI=1S/C34H28N8O2/c43-30-16-8-20-41(30)27-14-7-13-26(22-27)36-33-35-18-17-28(39-33)32-31(40-29-15-4-5-19-42(29)32)23-9-6-12-25(21-23)38-34(44)37-24-10-2-1-3-11-24/h1-7,9-15,17-19,21-22H,8,16,20H2,(H,35,36,39)(H2,37,38,44). The number of carbonyl (C=O) groups is 2. The summed E-state index contributed by atoms with van der Waals surface area (Å²) in [7, 11) is 0. The van der Waals surface area contributed by atoms with Crippen LogP contribution in [0.25, 0.3) is 28.3 Å². The first-order valence-electron chi connectivity index (χ1n) is 14.3. The van der Waals surface area contributed by atoms with Gasteiger partial charge in [0.2, 0.25) is 11.9 Å². The van der Waals surface area contributed by atoms with Gasteiger partial charge in [-0.15, -0.1) is 0 Å². The van der Waals surface area contributed by atoms with E-state index in [1.807, 2.05) is 114 Å². The lowest BCUT2D eigenvalue weighted by Crippen LogP contribution is -2.23. The number of urea groups is 1. The van der Waals surface area contributed by atoms with Crippen molar-refractivity contribution in [3.8, 4) is 22.6 Å². The van der Waals surface area contributed by atoms with Crippen molar-refractivity contribution in [3.05, 3.63) is 116 Å². The van der Waals surface area contributed by atoms with E-state index in [9.17, 15) is 9.59 Å². The third kappa shape index (κ3) is 5.56. The summed E-state index contributed by atoms with van der Waals surface area (Å²) in [5.41, 5.74) is 6.70. The molecule has 0 atom stereocenters. The molecule has 0 bridgehead atoms. The van der Waals surface area contributed by atoms with E-state index >= 15 is 0 Å². The van der Waals surface area contributed by atoms with Gasteiger partial charge in [0, 0.05) is 53.7 Å². The predicted octanol–water partition coefficient (Wildman–Crippen LogP) is 6.97. The fraction of sp³-hybridized carbons (Fsp3) is 0.0882. The number of nitrogens with one attached hydrogen (secondary N) is 3. The Kier molecular flexibility index (Phi) is 7.13. The Morgan fingerprint density at radius 3 is 2.43 bits per heavy atom. The number of hydrogen-bond acceptors (Lipinski definition) is 6. The summed E-state index contributed by atoms with van der Waals surface area (Å²) in [4.78, 5) is 41.0. The molecule has 6 aromatic rings. The summed E-state index contributed by atoms with van der Waals surface area (Å²) in [5.74, 6) is 0.550. The molecule has 10 nitrogen and oxygen atoms in total. The van der Waals surface area contributed by atoms with E-state index in [4.69, 9.17) is 9.97 Å². The van der Waals surface area contributed by atoms with E-state index in [2.05, 4.69) is 20.9 Å². The van der Waals surface area contributed by atoms with Crippen LogP contribution in [0.1, 0.15) is 12.8 Å². The molecular weight excluding hydrogens is 552 g/mol. The summed E-state index contributed by atoms with van der Waals surface area (Å²) in [6, 6.07) is 31.9. The van der Waals surface area contributed by atoms with Gasteiger partial charge in [-0.25, -0.2) is 19.7 Å². The summed E-state index contributed by atoms with van der Waals surface area (Å²) in [5, 5.41) is 9.05. The minimum Gasteiger partial charge on any atom is -0.324 e. The molecule has 1 fully saturated rings. The van der Waals surface area contributed by atoms with Gasteiger partial charge in [0.05, 0.1) is 17.1 Å². The van der Waals surface area contributed by atoms with E-state index in [1.54, 1.807) is 11.1 Å². The van der Waals surface area contributed by atoms with Gasteiger partial charge in [-0.3, -0.25) is 9.20 Å². The van der Waals surface area contributed by atoms with Gasteiger partial charge in [0.25, 0.3) is 0 Å². The number of pyridine rings is 1. The van der Waals surface area contributed by atoms with Gasteiger partial charge in [-0.05, 0) is 67.1 Å². The molecule has 1 saturated heterocycles. The first-order chi connectivity index (χ1) is 21.6. The van der Waals surface area contributed by atoms with E-state index in [0.717, 1.165) is 41.2 Å². The van der Waals surface area contributed by atoms with Gasteiger partial charge in [0.1, 0.15) is 5.65 Å². The molecule has 3 amide bonds. The molecule has 44 heavy (non-hydrogen) atoms. The van der Waals surface area contributed by atoms with Crippen LogP contribution in [0.15, 0.2) is 116 Å². The highest BCUT2D eigenvalue weighted by Gasteiger charge is 2.22. The first kappa shape index (κ1) is 26.8. The summed E-state index contributed by atoms with van der Waals surface area (Å²) >= 11 is 0. The minimum absolute atomic E-state index is 0.136. The maximum atomic E-state index is 12.7. The maximum absolute atomic E-state index is 12.7. The number of para-hydroxylation sites is 1. The Balaban J connectivity index is 1.20. The molecule has 0 spiro atoms. The van der Waals surface area contributed by atoms with Gasteiger partial charge >= 0.3 is 6.03 Å². The van der Waals surface area contributed by atoms with Gasteiger partial charge < -0.3 is 20.9 Å². The van der Waals surface area contributed by atoms with Gasteiger partial charge in [-0.1, -0.05) is 42.5 Å². The lowest BCUT2D eigenvalue weighted by molar-refractivity contribution is -0.117. The molecule has 216 valence electrons. The zero-order valence-corrected chi connectivity index (χ0v) is 23.6. The lowest BCUT2D eigenvalue weighted by atomic mass is 10.1. The van der Waals surface area contributed by atoms with Gasteiger partial charge in [-0.2, -0.15) is 0 Å². The molecule has 3 aromatic heterocycles. The number of benzene rings is 3. The lowest BCUT2D eigenvalue weighted by Gasteiger charge is -2.17. The zero-order valence-electron chi connectivity index (χ0n) is 23.6. The second kappa shape index (κ2) is 11.7. The molecule has 1 aliphatic heterocycles. The highest BCUT2D eigenvalue weighted by molar-refractivity contribution is 6.00. The molecular formula is C34H28N8O2. The number of rotatable bonds is 7. The fourth-order valence-electron chi connectivity index (χ4n) is 5.35. The number of aromatic nitrogens is 4.